The highest BCUT2D eigenvalue weighted by atomic mass is 16.5. The summed E-state index contributed by atoms with van der Waals surface area (Å²) in [5.41, 5.74) is 3.35. The highest BCUT2D eigenvalue weighted by Gasteiger charge is 2.12. The lowest BCUT2D eigenvalue weighted by atomic mass is 10.0. The molecule has 0 aliphatic rings. The summed E-state index contributed by atoms with van der Waals surface area (Å²) in [5.74, 6) is 0.847. The molecule has 0 aliphatic heterocycles. The van der Waals surface area contributed by atoms with Crippen molar-refractivity contribution in [3.8, 4) is 16.9 Å². The lowest BCUT2D eigenvalue weighted by Crippen LogP contribution is -2.08. The van der Waals surface area contributed by atoms with Gasteiger partial charge in [-0.15, -0.1) is 0 Å². The molecule has 3 heteroatoms. The van der Waals surface area contributed by atoms with Crippen molar-refractivity contribution in [1.82, 2.24) is 0 Å². The Morgan fingerprint density at radius 2 is 1.05 bits per heavy atom. The molecular weight excluding hydrogens is 468 g/mol. The van der Waals surface area contributed by atoms with Crippen molar-refractivity contribution in [2.75, 3.05) is 6.61 Å². The molecule has 2 rings (SSSR count). The van der Waals surface area contributed by atoms with Gasteiger partial charge in [-0.3, -0.25) is 4.79 Å². The van der Waals surface area contributed by atoms with Gasteiger partial charge in [-0.2, -0.15) is 0 Å². The number of carbonyl (C=O) groups excluding carboxylic acids is 1. The molecule has 0 heterocycles. The van der Waals surface area contributed by atoms with Crippen LogP contribution in [0, 0.1) is 0 Å². The molecule has 2 aromatic carbocycles. The largest absolute Gasteiger partial charge is 0.494 e. The number of benzene rings is 2. The summed E-state index contributed by atoms with van der Waals surface area (Å²) in [4.78, 5) is 12.2. The number of hydrogen-bond donors (Lipinski definition) is 0. The molecule has 0 N–H and O–H groups in total. The van der Waals surface area contributed by atoms with Gasteiger partial charge in [0, 0.05) is 6.42 Å². The van der Waals surface area contributed by atoms with Crippen molar-refractivity contribution in [2.45, 2.75) is 136 Å². The zero-order valence-electron chi connectivity index (χ0n) is 24.6. The van der Waals surface area contributed by atoms with Crippen LogP contribution < -0.4 is 4.74 Å². The Bertz CT molecular complexity index is 840. The summed E-state index contributed by atoms with van der Waals surface area (Å²) < 4.78 is 11.6. The highest BCUT2D eigenvalue weighted by molar-refractivity contribution is 5.70. The fourth-order valence-electron chi connectivity index (χ4n) is 4.84. The van der Waals surface area contributed by atoms with E-state index in [1.165, 1.54) is 83.5 Å². The SMILES string of the molecule is CCCCCCCCCCCOc1ccc(-c2ccc(C(C)OC(=O)CCCCCCCCC)cc2)cc1. The van der Waals surface area contributed by atoms with Crippen LogP contribution in [0.3, 0.4) is 0 Å². The van der Waals surface area contributed by atoms with Crippen molar-refractivity contribution in [3.63, 3.8) is 0 Å². The van der Waals surface area contributed by atoms with Crippen molar-refractivity contribution >= 4 is 5.97 Å². The van der Waals surface area contributed by atoms with E-state index in [0.717, 1.165) is 48.3 Å². The Kier molecular flexibility index (Phi) is 17.3. The summed E-state index contributed by atoms with van der Waals surface area (Å²) in [6.45, 7) is 7.25. The van der Waals surface area contributed by atoms with Gasteiger partial charge in [-0.25, -0.2) is 0 Å². The first kappa shape index (κ1) is 31.9. The van der Waals surface area contributed by atoms with Crippen LogP contribution in [-0.2, 0) is 9.53 Å². The van der Waals surface area contributed by atoms with E-state index in [4.69, 9.17) is 9.47 Å². The summed E-state index contributed by atoms with van der Waals surface area (Å²) >= 11 is 0. The smallest absolute Gasteiger partial charge is 0.306 e. The third-order valence-corrected chi connectivity index (χ3v) is 7.38. The summed E-state index contributed by atoms with van der Waals surface area (Å²) in [5, 5.41) is 0. The van der Waals surface area contributed by atoms with E-state index in [9.17, 15) is 4.79 Å². The number of ether oxygens (including phenoxy) is 2. The molecule has 0 spiro atoms. The molecule has 0 saturated heterocycles. The Morgan fingerprint density at radius 1 is 0.605 bits per heavy atom. The minimum atomic E-state index is -0.224. The van der Waals surface area contributed by atoms with E-state index in [2.05, 4.69) is 62.4 Å². The van der Waals surface area contributed by atoms with Gasteiger partial charge < -0.3 is 9.47 Å². The van der Waals surface area contributed by atoms with E-state index in [1.807, 2.05) is 6.92 Å². The number of esters is 1. The average molecular weight is 523 g/mol. The molecule has 1 atom stereocenters. The van der Waals surface area contributed by atoms with Crippen molar-refractivity contribution < 1.29 is 14.3 Å². The number of carbonyl (C=O) groups is 1. The maximum absolute atomic E-state index is 12.2. The van der Waals surface area contributed by atoms with Crippen LogP contribution in [-0.4, -0.2) is 12.6 Å². The van der Waals surface area contributed by atoms with Gasteiger partial charge in [0.05, 0.1) is 6.61 Å². The number of unbranched alkanes of at least 4 members (excludes halogenated alkanes) is 14. The van der Waals surface area contributed by atoms with Gasteiger partial charge in [0.25, 0.3) is 0 Å². The molecule has 0 bridgehead atoms. The summed E-state index contributed by atoms with van der Waals surface area (Å²) in [6, 6.07) is 16.7. The van der Waals surface area contributed by atoms with Gasteiger partial charge in [-0.1, -0.05) is 140 Å². The maximum Gasteiger partial charge on any atom is 0.306 e. The van der Waals surface area contributed by atoms with Crippen LogP contribution in [0.5, 0.6) is 5.75 Å². The minimum Gasteiger partial charge on any atom is -0.494 e. The van der Waals surface area contributed by atoms with Gasteiger partial charge in [0.2, 0.25) is 0 Å². The summed E-state index contributed by atoms with van der Waals surface area (Å²) in [7, 11) is 0. The molecule has 0 aromatic heterocycles. The molecule has 2 aromatic rings. The van der Waals surface area contributed by atoms with E-state index in [1.54, 1.807) is 0 Å². The molecule has 0 fully saturated rings. The molecule has 1 unspecified atom stereocenters. The Morgan fingerprint density at radius 3 is 1.58 bits per heavy atom. The van der Waals surface area contributed by atoms with Crippen molar-refractivity contribution in [1.29, 1.82) is 0 Å². The van der Waals surface area contributed by atoms with Crippen molar-refractivity contribution in [2.24, 2.45) is 0 Å². The fraction of sp³-hybridized carbons (Fsp3) is 0.629. The second-order valence-corrected chi connectivity index (χ2v) is 10.8. The predicted molar refractivity (Wildman–Crippen MR) is 162 cm³/mol. The molecule has 212 valence electrons. The van der Waals surface area contributed by atoms with Gasteiger partial charge in [0.1, 0.15) is 11.9 Å². The topological polar surface area (TPSA) is 35.5 Å². The van der Waals surface area contributed by atoms with Crippen LogP contribution in [0.25, 0.3) is 11.1 Å². The molecule has 0 amide bonds. The van der Waals surface area contributed by atoms with Gasteiger partial charge in [0.15, 0.2) is 0 Å². The van der Waals surface area contributed by atoms with E-state index in [-0.39, 0.29) is 12.1 Å². The normalized spacial score (nSPS) is 11.9. The zero-order chi connectivity index (χ0) is 27.3. The Hall–Kier alpha value is -2.29. The monoisotopic (exact) mass is 522 g/mol. The molecular formula is C35H54O3. The third-order valence-electron chi connectivity index (χ3n) is 7.38. The van der Waals surface area contributed by atoms with Crippen LogP contribution in [0.1, 0.15) is 142 Å². The number of rotatable bonds is 22. The molecule has 3 nitrogen and oxygen atoms in total. The fourth-order valence-corrected chi connectivity index (χ4v) is 4.84. The van der Waals surface area contributed by atoms with Crippen LogP contribution in [0.2, 0.25) is 0 Å². The Balaban J connectivity index is 1.63. The van der Waals surface area contributed by atoms with Crippen molar-refractivity contribution in [3.05, 3.63) is 54.1 Å². The van der Waals surface area contributed by atoms with E-state index in [0.29, 0.717) is 6.42 Å². The van der Waals surface area contributed by atoms with E-state index < -0.39 is 0 Å². The standard InChI is InChI=1S/C35H54O3/c1-4-6-8-10-12-13-15-17-19-29-37-34-27-25-33(26-28-34)32-23-21-31(22-24-32)30(3)38-35(36)20-18-16-14-11-9-7-5-2/h21-28,30H,4-20,29H2,1-3H3. The van der Waals surface area contributed by atoms with Crippen LogP contribution in [0.4, 0.5) is 0 Å². The predicted octanol–water partition coefficient (Wildman–Crippen LogP) is 11.0. The molecule has 0 radical (unpaired) electrons. The first-order valence-corrected chi connectivity index (χ1v) is 15.7. The van der Waals surface area contributed by atoms with E-state index >= 15 is 0 Å². The Labute approximate surface area is 233 Å². The number of hydrogen-bond acceptors (Lipinski definition) is 3. The maximum atomic E-state index is 12.2. The molecule has 0 aliphatic carbocycles. The molecule has 38 heavy (non-hydrogen) atoms. The lowest BCUT2D eigenvalue weighted by molar-refractivity contribution is -0.148. The quantitative estimate of drug-likeness (QED) is 0.114. The second-order valence-electron chi connectivity index (χ2n) is 10.8. The zero-order valence-corrected chi connectivity index (χ0v) is 24.6. The summed E-state index contributed by atoms with van der Waals surface area (Å²) in [6.07, 6.45) is 20.7. The highest BCUT2D eigenvalue weighted by Crippen LogP contribution is 2.26. The first-order valence-electron chi connectivity index (χ1n) is 15.7. The van der Waals surface area contributed by atoms with Gasteiger partial charge in [-0.05, 0) is 48.6 Å². The van der Waals surface area contributed by atoms with Gasteiger partial charge >= 0.3 is 5.97 Å². The molecule has 0 saturated carbocycles. The van der Waals surface area contributed by atoms with Crippen LogP contribution >= 0.6 is 0 Å². The minimum absolute atomic E-state index is 0.0897. The second kappa shape index (κ2) is 20.6. The third kappa shape index (κ3) is 14.0. The van der Waals surface area contributed by atoms with Crippen LogP contribution in [0.15, 0.2) is 48.5 Å². The first-order chi connectivity index (χ1) is 18.6. The average Bonchev–Trinajstić information content (AvgIpc) is 2.94. The lowest BCUT2D eigenvalue weighted by Gasteiger charge is -2.14.